The molecule has 18 heavy (non-hydrogen) atoms. The van der Waals surface area contributed by atoms with Crippen LogP contribution in [0.5, 0.6) is 0 Å². The highest BCUT2D eigenvalue weighted by Gasteiger charge is 2.14. The Bertz CT molecular complexity index is 593. The molecule has 0 aliphatic heterocycles. The number of likely N-dealkylation sites (N-methyl/N-ethyl adjacent to an activating group) is 1. The van der Waals surface area contributed by atoms with Gasteiger partial charge in [0, 0.05) is 19.1 Å². The molecule has 2 rings (SSSR count). The molecule has 0 atom stereocenters. The molecule has 1 aromatic heterocycles. The molecule has 0 bridgehead atoms. The molecule has 0 amide bonds. The highest BCUT2D eigenvalue weighted by molar-refractivity contribution is 5.76. The number of imidazole rings is 1. The zero-order chi connectivity index (χ0) is 13.3. The van der Waals surface area contributed by atoms with Crippen LogP contribution in [0.25, 0.3) is 11.0 Å². The summed E-state index contributed by atoms with van der Waals surface area (Å²) in [5, 5.41) is 0. The van der Waals surface area contributed by atoms with Gasteiger partial charge in [-0.1, -0.05) is 12.1 Å². The summed E-state index contributed by atoms with van der Waals surface area (Å²) >= 11 is 0. The van der Waals surface area contributed by atoms with E-state index >= 15 is 0 Å². The second-order valence-electron chi connectivity index (χ2n) is 5.19. The van der Waals surface area contributed by atoms with E-state index in [0.29, 0.717) is 0 Å². The van der Waals surface area contributed by atoms with Gasteiger partial charge in [0.15, 0.2) is 0 Å². The Hall–Kier alpha value is -1.55. The summed E-state index contributed by atoms with van der Waals surface area (Å²) in [6.45, 7) is 5.69. The van der Waals surface area contributed by atoms with Crippen LogP contribution in [-0.4, -0.2) is 34.7 Å². The second-order valence-corrected chi connectivity index (χ2v) is 5.19. The molecule has 0 aliphatic carbocycles. The van der Waals surface area contributed by atoms with Gasteiger partial charge in [0.05, 0.1) is 11.0 Å². The third kappa shape index (κ3) is 2.20. The fourth-order valence-electron chi connectivity index (χ4n) is 2.25. The quantitative estimate of drug-likeness (QED) is 0.826. The van der Waals surface area contributed by atoms with Crippen LogP contribution in [0.3, 0.4) is 0 Å². The van der Waals surface area contributed by atoms with Crippen LogP contribution >= 0.6 is 0 Å². The molecule has 0 spiro atoms. The monoisotopic (exact) mass is 247 g/mol. The van der Waals surface area contributed by atoms with Crippen LogP contribution in [0, 0.1) is 0 Å². The van der Waals surface area contributed by atoms with Crippen molar-refractivity contribution in [1.29, 1.82) is 0 Å². The highest BCUT2D eigenvalue weighted by atomic mass is 16.1. The number of rotatable bonds is 4. The summed E-state index contributed by atoms with van der Waals surface area (Å²) in [5.74, 6) is 0. The normalized spacial score (nSPS) is 11.9. The van der Waals surface area contributed by atoms with E-state index in [9.17, 15) is 4.79 Å². The molecular formula is C14H21N3O. The standard InChI is InChI=1S/C14H21N3O/c1-11(2)17-13-8-6-5-7-12(13)16(14(17)18)10-9-15(3)4/h5-8,11H,9-10H2,1-4H3. The Morgan fingerprint density at radius 3 is 2.33 bits per heavy atom. The third-order valence-corrected chi connectivity index (χ3v) is 3.16. The van der Waals surface area contributed by atoms with E-state index < -0.39 is 0 Å². The Labute approximate surface area is 107 Å². The molecule has 4 heteroatoms. The largest absolute Gasteiger partial charge is 0.329 e. The fraction of sp³-hybridized carbons (Fsp3) is 0.500. The van der Waals surface area contributed by atoms with Crippen molar-refractivity contribution in [1.82, 2.24) is 14.0 Å². The van der Waals surface area contributed by atoms with Crippen molar-refractivity contribution in [2.75, 3.05) is 20.6 Å². The second kappa shape index (κ2) is 4.98. The lowest BCUT2D eigenvalue weighted by Gasteiger charge is -2.10. The summed E-state index contributed by atoms with van der Waals surface area (Å²) in [7, 11) is 4.04. The van der Waals surface area contributed by atoms with E-state index in [0.717, 1.165) is 24.1 Å². The van der Waals surface area contributed by atoms with Crippen molar-refractivity contribution in [3.8, 4) is 0 Å². The van der Waals surface area contributed by atoms with Crippen LogP contribution in [0.2, 0.25) is 0 Å². The molecule has 0 radical (unpaired) electrons. The van der Waals surface area contributed by atoms with Crippen LogP contribution < -0.4 is 5.69 Å². The van der Waals surface area contributed by atoms with Crippen LogP contribution in [0.4, 0.5) is 0 Å². The SMILES string of the molecule is CC(C)n1c(=O)n(CCN(C)C)c2ccccc21. The van der Waals surface area contributed by atoms with Crippen LogP contribution in [0.15, 0.2) is 29.1 Å². The lowest BCUT2D eigenvalue weighted by atomic mass is 10.3. The fourth-order valence-corrected chi connectivity index (χ4v) is 2.25. The molecule has 98 valence electrons. The van der Waals surface area contributed by atoms with Crippen LogP contribution in [-0.2, 0) is 6.54 Å². The maximum Gasteiger partial charge on any atom is 0.329 e. The van der Waals surface area contributed by atoms with Crippen molar-refractivity contribution in [2.45, 2.75) is 26.4 Å². The van der Waals surface area contributed by atoms with Gasteiger partial charge in [0.25, 0.3) is 0 Å². The molecule has 0 saturated carbocycles. The first kappa shape index (κ1) is 12.9. The number of para-hydroxylation sites is 2. The molecule has 0 aliphatic rings. The van der Waals surface area contributed by atoms with E-state index in [-0.39, 0.29) is 11.7 Å². The summed E-state index contributed by atoms with van der Waals surface area (Å²) in [5.41, 5.74) is 2.14. The molecule has 0 N–H and O–H groups in total. The molecule has 1 aromatic carbocycles. The summed E-state index contributed by atoms with van der Waals surface area (Å²) in [6.07, 6.45) is 0. The zero-order valence-corrected chi connectivity index (χ0v) is 11.6. The summed E-state index contributed by atoms with van der Waals surface area (Å²) in [4.78, 5) is 14.5. The lowest BCUT2D eigenvalue weighted by molar-refractivity contribution is 0.381. The molecule has 4 nitrogen and oxygen atoms in total. The maximum absolute atomic E-state index is 12.4. The van der Waals surface area contributed by atoms with Crippen molar-refractivity contribution in [3.05, 3.63) is 34.7 Å². The lowest BCUT2D eigenvalue weighted by Crippen LogP contribution is -2.29. The number of benzene rings is 1. The predicted molar refractivity (Wildman–Crippen MR) is 75.1 cm³/mol. The smallest absolute Gasteiger partial charge is 0.308 e. The van der Waals surface area contributed by atoms with Crippen LogP contribution in [0.1, 0.15) is 19.9 Å². The van der Waals surface area contributed by atoms with Crippen molar-refractivity contribution < 1.29 is 0 Å². The van der Waals surface area contributed by atoms with Gasteiger partial charge >= 0.3 is 5.69 Å². The Balaban J connectivity index is 2.58. The Morgan fingerprint density at radius 1 is 1.17 bits per heavy atom. The van der Waals surface area contributed by atoms with Gasteiger partial charge in [-0.05, 0) is 40.1 Å². The minimum Gasteiger partial charge on any atom is -0.308 e. The number of hydrogen-bond donors (Lipinski definition) is 0. The van der Waals surface area contributed by atoms with Gasteiger partial charge in [-0.3, -0.25) is 9.13 Å². The van der Waals surface area contributed by atoms with Gasteiger partial charge in [0.2, 0.25) is 0 Å². The molecular weight excluding hydrogens is 226 g/mol. The van der Waals surface area contributed by atoms with E-state index in [1.54, 1.807) is 0 Å². The molecule has 0 fully saturated rings. The van der Waals surface area contributed by atoms with Gasteiger partial charge in [-0.15, -0.1) is 0 Å². The van der Waals surface area contributed by atoms with E-state index in [1.807, 2.05) is 61.3 Å². The Kier molecular flexibility index (Phi) is 3.57. The first-order valence-corrected chi connectivity index (χ1v) is 6.37. The van der Waals surface area contributed by atoms with E-state index in [2.05, 4.69) is 4.90 Å². The van der Waals surface area contributed by atoms with E-state index in [1.165, 1.54) is 0 Å². The Morgan fingerprint density at radius 2 is 1.78 bits per heavy atom. The van der Waals surface area contributed by atoms with Crippen molar-refractivity contribution >= 4 is 11.0 Å². The minimum absolute atomic E-state index is 0.0908. The first-order chi connectivity index (χ1) is 8.52. The third-order valence-electron chi connectivity index (χ3n) is 3.16. The minimum atomic E-state index is 0.0908. The topological polar surface area (TPSA) is 30.2 Å². The number of hydrogen-bond acceptors (Lipinski definition) is 2. The predicted octanol–water partition coefficient (Wildman–Crippen LogP) is 1.95. The summed E-state index contributed by atoms with van der Waals surface area (Å²) in [6, 6.07) is 8.19. The average Bonchev–Trinajstić information content (AvgIpc) is 2.58. The van der Waals surface area contributed by atoms with Crippen molar-refractivity contribution in [2.24, 2.45) is 0 Å². The number of nitrogens with zero attached hydrogens (tertiary/aromatic N) is 3. The molecule has 2 aromatic rings. The average molecular weight is 247 g/mol. The maximum atomic E-state index is 12.4. The first-order valence-electron chi connectivity index (χ1n) is 6.37. The van der Waals surface area contributed by atoms with Crippen molar-refractivity contribution in [3.63, 3.8) is 0 Å². The van der Waals surface area contributed by atoms with Gasteiger partial charge in [0.1, 0.15) is 0 Å². The zero-order valence-electron chi connectivity index (χ0n) is 11.6. The van der Waals surface area contributed by atoms with Gasteiger partial charge in [-0.25, -0.2) is 4.79 Å². The molecule has 0 saturated heterocycles. The van der Waals surface area contributed by atoms with Gasteiger partial charge < -0.3 is 4.90 Å². The number of aromatic nitrogens is 2. The summed E-state index contributed by atoms with van der Waals surface area (Å²) < 4.78 is 3.74. The number of fused-ring (bicyclic) bond motifs is 1. The van der Waals surface area contributed by atoms with Gasteiger partial charge in [-0.2, -0.15) is 0 Å². The molecule has 1 heterocycles. The molecule has 0 unspecified atom stereocenters. The highest BCUT2D eigenvalue weighted by Crippen LogP contribution is 2.16. The van der Waals surface area contributed by atoms with E-state index in [4.69, 9.17) is 0 Å².